The van der Waals surface area contributed by atoms with Gasteiger partial charge >= 0.3 is 5.97 Å². The highest BCUT2D eigenvalue weighted by molar-refractivity contribution is 6.39. The van der Waals surface area contributed by atoms with Gasteiger partial charge in [0.05, 0.1) is 33.8 Å². The molecule has 35 heavy (non-hydrogen) atoms. The molecule has 0 amide bonds. The van der Waals surface area contributed by atoms with Crippen LogP contribution in [-0.4, -0.2) is 43.1 Å². The number of esters is 1. The van der Waals surface area contributed by atoms with Crippen LogP contribution in [0.2, 0.25) is 10.0 Å². The van der Waals surface area contributed by atoms with Crippen molar-refractivity contribution < 1.29 is 19.1 Å². The molecule has 0 radical (unpaired) electrons. The summed E-state index contributed by atoms with van der Waals surface area (Å²) in [5, 5.41) is 5.31. The minimum absolute atomic E-state index is 0.0955. The molecule has 5 rings (SSSR count). The molecule has 2 aromatic carbocycles. The number of nitrogens with zero attached hydrogens (tertiary/aromatic N) is 1. The van der Waals surface area contributed by atoms with E-state index in [0.29, 0.717) is 53.8 Å². The number of ketones is 1. The third kappa shape index (κ3) is 4.42. The standard InChI is InChI=1S/C27H24Cl2N2O4/c1-34-26(33)22(31-23-15-24(32)27(23)9-11-35-12-10-27)14-16-5-7-20-17(13-16)6-8-21(30-20)25-18(28)3-2-4-19(25)29/h2-8,13,15,22,31H,9-12,14H2,1H3/t22-/m0/s1. The average molecular weight is 511 g/mol. The molecule has 2 heterocycles. The third-order valence-electron chi connectivity index (χ3n) is 6.84. The van der Waals surface area contributed by atoms with E-state index in [1.807, 2.05) is 30.3 Å². The molecule has 1 fully saturated rings. The molecular formula is C27H24Cl2N2O4. The van der Waals surface area contributed by atoms with Gasteiger partial charge in [-0.1, -0.05) is 41.4 Å². The first kappa shape index (κ1) is 23.8. The van der Waals surface area contributed by atoms with Crippen molar-refractivity contribution in [2.24, 2.45) is 5.41 Å². The van der Waals surface area contributed by atoms with E-state index in [1.54, 1.807) is 24.3 Å². The molecule has 0 bridgehead atoms. The SMILES string of the molecule is COC(=O)[C@H](Cc1ccc2nc(-c3c(Cl)cccc3Cl)ccc2c1)NC1=CC(=O)C12CCOCC2. The van der Waals surface area contributed by atoms with Crippen LogP contribution in [-0.2, 0) is 25.5 Å². The van der Waals surface area contributed by atoms with Crippen LogP contribution in [0, 0.1) is 5.41 Å². The van der Waals surface area contributed by atoms with Crippen molar-refractivity contribution >= 4 is 45.9 Å². The van der Waals surface area contributed by atoms with E-state index >= 15 is 0 Å². The van der Waals surface area contributed by atoms with Gasteiger partial charge in [-0.05, 0) is 48.7 Å². The Morgan fingerprint density at radius 2 is 1.89 bits per heavy atom. The lowest BCUT2D eigenvalue weighted by atomic mass is 9.66. The lowest BCUT2D eigenvalue weighted by Gasteiger charge is -2.44. The molecule has 0 unspecified atom stereocenters. The van der Waals surface area contributed by atoms with Crippen molar-refractivity contribution in [2.75, 3.05) is 20.3 Å². The minimum atomic E-state index is -0.620. The van der Waals surface area contributed by atoms with Gasteiger partial charge in [-0.15, -0.1) is 0 Å². The van der Waals surface area contributed by atoms with Crippen LogP contribution in [0.3, 0.4) is 0 Å². The van der Waals surface area contributed by atoms with Crippen molar-refractivity contribution in [1.82, 2.24) is 10.3 Å². The Hall–Kier alpha value is -2.93. The molecule has 1 spiro atoms. The van der Waals surface area contributed by atoms with E-state index in [0.717, 1.165) is 22.2 Å². The Morgan fingerprint density at radius 1 is 1.14 bits per heavy atom. The van der Waals surface area contributed by atoms with Crippen LogP contribution in [0.25, 0.3) is 22.2 Å². The number of allylic oxidation sites excluding steroid dienone is 2. The fourth-order valence-corrected chi connectivity index (χ4v) is 5.41. The quantitative estimate of drug-likeness (QED) is 0.462. The van der Waals surface area contributed by atoms with Crippen molar-refractivity contribution in [1.29, 1.82) is 0 Å². The summed E-state index contributed by atoms with van der Waals surface area (Å²) in [6.07, 6.45) is 3.24. The summed E-state index contributed by atoms with van der Waals surface area (Å²) in [6, 6.07) is 14.5. The smallest absolute Gasteiger partial charge is 0.328 e. The Labute approximate surface area is 213 Å². The van der Waals surface area contributed by atoms with Gasteiger partial charge in [-0.25, -0.2) is 9.78 Å². The predicted octanol–water partition coefficient (Wildman–Crippen LogP) is 5.15. The number of methoxy groups -OCH3 is 1. The second kappa shape index (κ2) is 9.61. The molecule has 1 aliphatic carbocycles. The van der Waals surface area contributed by atoms with Gasteiger partial charge in [-0.3, -0.25) is 4.79 Å². The first-order valence-corrected chi connectivity index (χ1v) is 12.2. The van der Waals surface area contributed by atoms with Gasteiger partial charge in [-0.2, -0.15) is 0 Å². The van der Waals surface area contributed by atoms with E-state index in [4.69, 9.17) is 37.7 Å². The number of ether oxygens (including phenoxy) is 2. The van der Waals surface area contributed by atoms with E-state index in [2.05, 4.69) is 5.32 Å². The van der Waals surface area contributed by atoms with Gasteiger partial charge in [0, 0.05) is 42.4 Å². The number of carbonyl (C=O) groups excluding carboxylic acids is 2. The summed E-state index contributed by atoms with van der Waals surface area (Å²) in [5.74, 6) is -0.285. The average Bonchev–Trinajstić information content (AvgIpc) is 2.87. The number of fused-ring (bicyclic) bond motifs is 1. The first-order valence-electron chi connectivity index (χ1n) is 11.4. The number of carbonyl (C=O) groups is 2. The van der Waals surface area contributed by atoms with Crippen molar-refractivity contribution in [3.63, 3.8) is 0 Å². The maximum absolute atomic E-state index is 12.6. The van der Waals surface area contributed by atoms with Gasteiger partial charge in [0.25, 0.3) is 0 Å². The molecule has 6 nitrogen and oxygen atoms in total. The zero-order valence-electron chi connectivity index (χ0n) is 19.1. The monoisotopic (exact) mass is 510 g/mol. The molecule has 180 valence electrons. The highest BCUT2D eigenvalue weighted by Gasteiger charge is 2.49. The number of hydrogen-bond donors (Lipinski definition) is 1. The van der Waals surface area contributed by atoms with Crippen LogP contribution in [0.1, 0.15) is 18.4 Å². The summed E-state index contributed by atoms with van der Waals surface area (Å²) < 4.78 is 10.5. The molecular weight excluding hydrogens is 487 g/mol. The number of nitrogens with one attached hydrogen (secondary N) is 1. The number of halogens is 2. The topological polar surface area (TPSA) is 77.5 Å². The Balaban J connectivity index is 1.39. The van der Waals surface area contributed by atoms with E-state index in [1.165, 1.54) is 7.11 Å². The van der Waals surface area contributed by atoms with Crippen molar-refractivity contribution in [3.05, 3.63) is 75.9 Å². The Kier molecular flexibility index (Phi) is 6.53. The fourth-order valence-electron chi connectivity index (χ4n) is 4.82. The fraction of sp³-hybridized carbons (Fsp3) is 0.296. The lowest BCUT2D eigenvalue weighted by Crippen LogP contribution is -2.53. The maximum atomic E-state index is 12.6. The molecule has 8 heteroatoms. The van der Waals surface area contributed by atoms with E-state index < -0.39 is 11.5 Å². The predicted molar refractivity (Wildman–Crippen MR) is 135 cm³/mol. The largest absolute Gasteiger partial charge is 0.467 e. The second-order valence-electron chi connectivity index (χ2n) is 8.86. The highest BCUT2D eigenvalue weighted by Crippen LogP contribution is 2.45. The van der Waals surface area contributed by atoms with Gasteiger partial charge < -0.3 is 14.8 Å². The lowest BCUT2D eigenvalue weighted by molar-refractivity contribution is -0.143. The molecule has 3 aromatic rings. The molecule has 1 aromatic heterocycles. The van der Waals surface area contributed by atoms with Crippen molar-refractivity contribution in [2.45, 2.75) is 25.3 Å². The third-order valence-corrected chi connectivity index (χ3v) is 7.47. The summed E-state index contributed by atoms with van der Waals surface area (Å²) >= 11 is 12.7. The van der Waals surface area contributed by atoms with Crippen LogP contribution < -0.4 is 5.32 Å². The van der Waals surface area contributed by atoms with Gasteiger partial charge in [0.2, 0.25) is 0 Å². The summed E-state index contributed by atoms with van der Waals surface area (Å²) in [6.45, 7) is 1.07. The molecule has 2 aliphatic rings. The number of rotatable bonds is 6. The zero-order chi connectivity index (χ0) is 24.6. The Bertz CT molecular complexity index is 1330. The van der Waals surface area contributed by atoms with Gasteiger partial charge in [0.15, 0.2) is 5.78 Å². The molecule has 1 aliphatic heterocycles. The zero-order valence-corrected chi connectivity index (χ0v) is 20.7. The molecule has 1 saturated heterocycles. The van der Waals surface area contributed by atoms with Crippen LogP contribution in [0.15, 0.2) is 60.3 Å². The second-order valence-corrected chi connectivity index (χ2v) is 9.68. The van der Waals surface area contributed by atoms with Crippen LogP contribution >= 0.6 is 23.2 Å². The number of aromatic nitrogens is 1. The molecule has 1 atom stereocenters. The molecule has 0 saturated carbocycles. The number of hydrogen-bond acceptors (Lipinski definition) is 6. The summed E-state index contributed by atoms with van der Waals surface area (Å²) in [4.78, 5) is 29.8. The van der Waals surface area contributed by atoms with E-state index in [-0.39, 0.29) is 11.8 Å². The van der Waals surface area contributed by atoms with Crippen LogP contribution in [0.4, 0.5) is 0 Å². The van der Waals surface area contributed by atoms with E-state index in [9.17, 15) is 9.59 Å². The summed E-state index contributed by atoms with van der Waals surface area (Å²) in [5.41, 5.74) is 3.36. The van der Waals surface area contributed by atoms with Gasteiger partial charge in [0.1, 0.15) is 6.04 Å². The minimum Gasteiger partial charge on any atom is -0.467 e. The highest BCUT2D eigenvalue weighted by atomic mass is 35.5. The van der Waals surface area contributed by atoms with Crippen LogP contribution in [0.5, 0.6) is 0 Å². The number of pyridine rings is 1. The normalized spacial score (nSPS) is 17.6. The maximum Gasteiger partial charge on any atom is 0.328 e. The molecule has 1 N–H and O–H groups in total. The first-order chi connectivity index (χ1) is 16.9. The Morgan fingerprint density at radius 3 is 2.57 bits per heavy atom. The summed E-state index contributed by atoms with van der Waals surface area (Å²) in [7, 11) is 1.37. The number of benzene rings is 2. The van der Waals surface area contributed by atoms with Crippen molar-refractivity contribution in [3.8, 4) is 11.3 Å².